The number of methoxy groups -OCH3 is 1. The van der Waals surface area contributed by atoms with Gasteiger partial charge in [0.15, 0.2) is 5.13 Å². The summed E-state index contributed by atoms with van der Waals surface area (Å²) in [7, 11) is 1.69. The number of carbonyl (C=O) groups excluding carboxylic acids is 1. The fraction of sp³-hybridized carbons (Fsp3) is 0.440. The maximum Gasteiger partial charge on any atom is 0.251 e. The molecule has 1 aliphatic rings. The zero-order chi connectivity index (χ0) is 23.0. The van der Waals surface area contributed by atoms with Crippen LogP contribution >= 0.6 is 11.3 Å². The maximum absolute atomic E-state index is 12.5. The van der Waals surface area contributed by atoms with Crippen molar-refractivity contribution in [2.75, 3.05) is 57.9 Å². The van der Waals surface area contributed by atoms with Crippen LogP contribution in [0.15, 0.2) is 42.5 Å². The summed E-state index contributed by atoms with van der Waals surface area (Å²) in [5.41, 5.74) is 1.65. The zero-order valence-corrected chi connectivity index (χ0v) is 20.2. The summed E-state index contributed by atoms with van der Waals surface area (Å²) in [5, 5.41) is 4.10. The van der Waals surface area contributed by atoms with Crippen molar-refractivity contribution in [2.45, 2.75) is 19.8 Å². The van der Waals surface area contributed by atoms with Crippen LogP contribution in [-0.2, 0) is 0 Å². The van der Waals surface area contributed by atoms with E-state index in [2.05, 4.69) is 22.0 Å². The minimum Gasteiger partial charge on any atom is -0.497 e. The number of unbranched alkanes of at least 4 members (excludes halogenated alkanes) is 1. The number of aromatic nitrogens is 1. The van der Waals surface area contributed by atoms with Crippen LogP contribution in [0.5, 0.6) is 11.5 Å². The fourth-order valence-electron chi connectivity index (χ4n) is 3.81. The Labute approximate surface area is 199 Å². The van der Waals surface area contributed by atoms with Crippen molar-refractivity contribution in [3.8, 4) is 11.5 Å². The van der Waals surface area contributed by atoms with E-state index < -0.39 is 0 Å². The SMILES string of the molecule is CCCCOc1cccc(C(=O)NCCN2CCN(c3nc4ccc(OC)cc4s3)CC2)c1. The topological polar surface area (TPSA) is 66.9 Å². The molecule has 7 nitrogen and oxygen atoms in total. The molecule has 176 valence electrons. The van der Waals surface area contributed by atoms with Gasteiger partial charge in [-0.1, -0.05) is 30.7 Å². The second-order valence-electron chi connectivity index (χ2n) is 8.14. The Kier molecular flexibility index (Phi) is 8.01. The first-order valence-electron chi connectivity index (χ1n) is 11.6. The number of fused-ring (bicyclic) bond motifs is 1. The molecule has 0 unspecified atom stereocenters. The highest BCUT2D eigenvalue weighted by Gasteiger charge is 2.20. The summed E-state index contributed by atoms with van der Waals surface area (Å²) in [6.45, 7) is 8.05. The molecule has 4 rings (SSSR count). The molecule has 0 aliphatic carbocycles. The van der Waals surface area contributed by atoms with Crippen LogP contribution in [0.1, 0.15) is 30.1 Å². The fourth-order valence-corrected chi connectivity index (χ4v) is 4.85. The van der Waals surface area contributed by atoms with Crippen molar-refractivity contribution in [3.05, 3.63) is 48.0 Å². The van der Waals surface area contributed by atoms with Crippen LogP contribution in [0.4, 0.5) is 5.13 Å². The quantitative estimate of drug-likeness (QED) is 0.453. The van der Waals surface area contributed by atoms with Crippen molar-refractivity contribution in [2.24, 2.45) is 0 Å². The standard InChI is InChI=1S/C25H32N4O3S/c1-3-4-16-32-21-7-5-6-19(17-21)24(30)26-10-11-28-12-14-29(15-13-28)25-27-22-9-8-20(31-2)18-23(22)33-25/h5-9,17-18H,3-4,10-16H2,1-2H3,(H,26,30). The van der Waals surface area contributed by atoms with E-state index in [-0.39, 0.29) is 5.91 Å². The Bertz CT molecular complexity index is 1060. The molecule has 2 heterocycles. The number of benzene rings is 2. The van der Waals surface area contributed by atoms with Gasteiger partial charge in [-0.3, -0.25) is 9.69 Å². The van der Waals surface area contributed by atoms with Crippen LogP contribution in [-0.4, -0.2) is 68.8 Å². The maximum atomic E-state index is 12.5. The summed E-state index contributed by atoms with van der Waals surface area (Å²) in [6.07, 6.45) is 2.10. The summed E-state index contributed by atoms with van der Waals surface area (Å²) >= 11 is 1.71. The molecule has 1 fully saturated rings. The number of amides is 1. The first kappa shape index (κ1) is 23.3. The minimum absolute atomic E-state index is 0.0560. The molecule has 1 N–H and O–H groups in total. The molecular weight excluding hydrogens is 436 g/mol. The van der Waals surface area contributed by atoms with Gasteiger partial charge in [0, 0.05) is 44.8 Å². The van der Waals surface area contributed by atoms with E-state index in [0.29, 0.717) is 18.7 Å². The molecule has 0 radical (unpaired) electrons. The third-order valence-corrected chi connectivity index (χ3v) is 6.88. The average Bonchev–Trinajstić information content (AvgIpc) is 3.28. The number of ether oxygens (including phenoxy) is 2. The van der Waals surface area contributed by atoms with Crippen LogP contribution in [0.2, 0.25) is 0 Å². The van der Waals surface area contributed by atoms with E-state index in [1.54, 1.807) is 18.4 Å². The highest BCUT2D eigenvalue weighted by molar-refractivity contribution is 7.22. The van der Waals surface area contributed by atoms with Crippen molar-refractivity contribution < 1.29 is 14.3 Å². The lowest BCUT2D eigenvalue weighted by Crippen LogP contribution is -2.48. The Morgan fingerprint density at radius 2 is 1.97 bits per heavy atom. The molecule has 0 bridgehead atoms. The van der Waals surface area contributed by atoms with E-state index in [1.165, 1.54) is 0 Å². The number of carbonyl (C=O) groups is 1. The Morgan fingerprint density at radius 1 is 1.12 bits per heavy atom. The third kappa shape index (κ3) is 6.15. The van der Waals surface area contributed by atoms with Gasteiger partial charge >= 0.3 is 0 Å². The summed E-state index contributed by atoms with van der Waals surface area (Å²) < 4.78 is 12.2. The van der Waals surface area contributed by atoms with E-state index in [9.17, 15) is 4.79 Å². The predicted octanol–water partition coefficient (Wildman–Crippen LogP) is 4.04. The lowest BCUT2D eigenvalue weighted by atomic mass is 10.2. The van der Waals surface area contributed by atoms with Gasteiger partial charge in [-0.25, -0.2) is 4.98 Å². The molecule has 1 amide bonds. The summed E-state index contributed by atoms with van der Waals surface area (Å²) in [5.74, 6) is 1.56. The Morgan fingerprint density at radius 3 is 2.76 bits per heavy atom. The Hall–Kier alpha value is -2.84. The van der Waals surface area contributed by atoms with E-state index in [0.717, 1.165) is 72.4 Å². The number of anilines is 1. The van der Waals surface area contributed by atoms with Gasteiger partial charge in [-0.05, 0) is 42.8 Å². The third-order valence-electron chi connectivity index (χ3n) is 5.80. The van der Waals surface area contributed by atoms with Gasteiger partial charge in [0.05, 0.1) is 23.9 Å². The van der Waals surface area contributed by atoms with Crippen molar-refractivity contribution in [1.29, 1.82) is 0 Å². The predicted molar refractivity (Wildman–Crippen MR) is 134 cm³/mol. The smallest absolute Gasteiger partial charge is 0.251 e. The Balaban J connectivity index is 1.21. The first-order chi connectivity index (χ1) is 16.2. The number of nitrogens with zero attached hydrogens (tertiary/aromatic N) is 3. The summed E-state index contributed by atoms with van der Waals surface area (Å²) in [4.78, 5) is 22.0. The van der Waals surface area contributed by atoms with Crippen molar-refractivity contribution >= 4 is 32.6 Å². The lowest BCUT2D eigenvalue weighted by molar-refractivity contribution is 0.0947. The number of rotatable bonds is 10. The molecule has 1 aliphatic heterocycles. The van der Waals surface area contributed by atoms with Gasteiger partial charge in [0.25, 0.3) is 5.91 Å². The van der Waals surface area contributed by atoms with Crippen LogP contribution in [0.25, 0.3) is 10.2 Å². The second-order valence-corrected chi connectivity index (χ2v) is 9.15. The van der Waals surface area contributed by atoms with Crippen LogP contribution < -0.4 is 19.7 Å². The normalized spacial score (nSPS) is 14.4. The molecule has 3 aromatic rings. The average molecular weight is 469 g/mol. The van der Waals surface area contributed by atoms with Gasteiger partial charge in [0.1, 0.15) is 11.5 Å². The number of thiazole rings is 1. The molecule has 1 aromatic heterocycles. The second kappa shape index (κ2) is 11.3. The van der Waals surface area contributed by atoms with Gasteiger partial charge in [-0.15, -0.1) is 0 Å². The zero-order valence-electron chi connectivity index (χ0n) is 19.4. The minimum atomic E-state index is -0.0560. The number of hydrogen-bond donors (Lipinski definition) is 1. The molecule has 0 spiro atoms. The van der Waals surface area contributed by atoms with Crippen molar-refractivity contribution in [3.63, 3.8) is 0 Å². The highest BCUT2D eigenvalue weighted by atomic mass is 32.1. The molecule has 0 saturated carbocycles. The molecule has 8 heteroatoms. The van der Waals surface area contributed by atoms with E-state index in [4.69, 9.17) is 14.5 Å². The number of piperazine rings is 1. The van der Waals surface area contributed by atoms with Gasteiger partial charge in [-0.2, -0.15) is 0 Å². The molecule has 1 saturated heterocycles. The largest absolute Gasteiger partial charge is 0.497 e. The molecule has 2 aromatic carbocycles. The van der Waals surface area contributed by atoms with Crippen LogP contribution in [0.3, 0.4) is 0 Å². The molecular formula is C25H32N4O3S. The first-order valence-corrected chi connectivity index (χ1v) is 12.4. The molecule has 33 heavy (non-hydrogen) atoms. The van der Waals surface area contributed by atoms with Gasteiger partial charge in [0.2, 0.25) is 0 Å². The monoisotopic (exact) mass is 468 g/mol. The number of hydrogen-bond acceptors (Lipinski definition) is 7. The lowest BCUT2D eigenvalue weighted by Gasteiger charge is -2.34. The highest BCUT2D eigenvalue weighted by Crippen LogP contribution is 2.31. The van der Waals surface area contributed by atoms with Crippen molar-refractivity contribution in [1.82, 2.24) is 15.2 Å². The molecule has 0 atom stereocenters. The van der Waals surface area contributed by atoms with Crippen LogP contribution in [0, 0.1) is 0 Å². The van der Waals surface area contributed by atoms with E-state index in [1.807, 2.05) is 42.5 Å². The van der Waals surface area contributed by atoms with Gasteiger partial charge < -0.3 is 19.7 Å². The number of nitrogens with one attached hydrogen (secondary N) is 1. The van der Waals surface area contributed by atoms with E-state index >= 15 is 0 Å². The summed E-state index contributed by atoms with van der Waals surface area (Å²) in [6, 6.07) is 13.4.